The molecule has 0 aliphatic carbocycles. The fourth-order valence-corrected chi connectivity index (χ4v) is 0.599. The third-order valence-electron chi connectivity index (χ3n) is 0.684. The second-order valence-electron chi connectivity index (χ2n) is 1.33. The third-order valence-corrected chi connectivity index (χ3v) is 0.920. The van der Waals surface area contributed by atoms with Crippen molar-refractivity contribution in [2.75, 3.05) is 6.61 Å². The number of nitrogens with two attached hydrogens (primary N) is 1. The van der Waals surface area contributed by atoms with Gasteiger partial charge in [0.1, 0.15) is 6.61 Å². The number of hydrogen-bond donors (Lipinski definition) is 1. The molecule has 0 bridgehead atoms. The van der Waals surface area contributed by atoms with E-state index in [-0.39, 0.29) is 0 Å². The average molecular weight is 115 g/mol. The molecule has 0 aromatic heterocycles. The number of hydrogen-bond acceptors (Lipinski definition) is 3. The summed E-state index contributed by atoms with van der Waals surface area (Å²) in [7, 11) is 0. The van der Waals surface area contributed by atoms with Crippen LogP contribution in [-0.4, -0.2) is 11.7 Å². The maximum Gasteiger partial charge on any atom is 0.186 e. The minimum Gasteiger partial charge on any atom is -0.477 e. The van der Waals surface area contributed by atoms with Crippen LogP contribution in [0, 0.1) is 0 Å². The smallest absolute Gasteiger partial charge is 0.186 e. The Kier molecular flexibility index (Phi) is 0.982. The van der Waals surface area contributed by atoms with Gasteiger partial charge in [-0.25, -0.2) is 0 Å². The number of rotatable bonds is 0. The second-order valence-corrected chi connectivity index (χ2v) is 1.73. The van der Waals surface area contributed by atoms with E-state index in [0.29, 0.717) is 17.4 Å². The van der Waals surface area contributed by atoms with E-state index < -0.39 is 0 Å². The standard InChI is InChI=1S/C4H5NOS/c5-3-1-4(7)6-2-3/h1H,2,5H2. The van der Waals surface area contributed by atoms with Gasteiger partial charge in [0.05, 0.1) is 5.70 Å². The molecule has 2 N–H and O–H groups in total. The monoisotopic (exact) mass is 115 g/mol. The Balaban J connectivity index is 2.67. The molecule has 0 spiro atoms. The van der Waals surface area contributed by atoms with Gasteiger partial charge in [-0.3, -0.25) is 0 Å². The summed E-state index contributed by atoms with van der Waals surface area (Å²) in [6.07, 6.45) is 1.65. The maximum absolute atomic E-state index is 5.27. The highest BCUT2D eigenvalue weighted by molar-refractivity contribution is 7.80. The van der Waals surface area contributed by atoms with Gasteiger partial charge in [0, 0.05) is 6.08 Å². The molecule has 2 nitrogen and oxygen atoms in total. The summed E-state index contributed by atoms with van der Waals surface area (Å²) >= 11 is 4.62. The van der Waals surface area contributed by atoms with Gasteiger partial charge in [-0.15, -0.1) is 0 Å². The Morgan fingerprint density at radius 1 is 1.86 bits per heavy atom. The highest BCUT2D eigenvalue weighted by Gasteiger charge is 2.03. The van der Waals surface area contributed by atoms with Crippen molar-refractivity contribution >= 4 is 17.3 Å². The highest BCUT2D eigenvalue weighted by Crippen LogP contribution is 1.99. The lowest BCUT2D eigenvalue weighted by Crippen LogP contribution is -1.97. The van der Waals surface area contributed by atoms with Crippen LogP contribution >= 0.6 is 12.2 Å². The van der Waals surface area contributed by atoms with E-state index in [2.05, 4.69) is 12.2 Å². The predicted octanol–water partition coefficient (Wildman–Crippen LogP) is 0.187. The van der Waals surface area contributed by atoms with E-state index in [4.69, 9.17) is 10.5 Å². The van der Waals surface area contributed by atoms with Crippen LogP contribution < -0.4 is 5.73 Å². The van der Waals surface area contributed by atoms with Crippen molar-refractivity contribution in [2.24, 2.45) is 5.73 Å². The third kappa shape index (κ3) is 0.899. The first-order valence-electron chi connectivity index (χ1n) is 1.92. The molecule has 1 heterocycles. The van der Waals surface area contributed by atoms with Gasteiger partial charge in [-0.1, -0.05) is 0 Å². The Morgan fingerprint density at radius 3 is 2.71 bits per heavy atom. The van der Waals surface area contributed by atoms with Crippen LogP contribution in [0.2, 0.25) is 0 Å². The molecule has 3 heteroatoms. The van der Waals surface area contributed by atoms with Crippen molar-refractivity contribution < 1.29 is 4.74 Å². The van der Waals surface area contributed by atoms with E-state index in [0.717, 1.165) is 0 Å². The van der Waals surface area contributed by atoms with Crippen LogP contribution in [-0.2, 0) is 4.74 Å². The fraction of sp³-hybridized carbons (Fsp3) is 0.250. The van der Waals surface area contributed by atoms with Crippen molar-refractivity contribution in [3.8, 4) is 0 Å². The molecule has 0 atom stereocenters. The van der Waals surface area contributed by atoms with Crippen LogP contribution in [0.5, 0.6) is 0 Å². The summed E-state index contributed by atoms with van der Waals surface area (Å²) in [5, 5.41) is 0.498. The van der Waals surface area contributed by atoms with Crippen LogP contribution in [0.4, 0.5) is 0 Å². The molecule has 1 rings (SSSR count). The van der Waals surface area contributed by atoms with Gasteiger partial charge in [-0.2, -0.15) is 0 Å². The minimum absolute atomic E-state index is 0.471. The molecule has 0 fully saturated rings. The quantitative estimate of drug-likeness (QED) is 0.458. The summed E-state index contributed by atoms with van der Waals surface area (Å²) in [6.45, 7) is 0.471. The van der Waals surface area contributed by atoms with Gasteiger partial charge in [-0.05, 0) is 12.2 Å². The molecule has 1 aliphatic rings. The first kappa shape index (κ1) is 4.59. The van der Waals surface area contributed by atoms with Crippen LogP contribution in [0.3, 0.4) is 0 Å². The molecule has 0 saturated carbocycles. The first-order chi connectivity index (χ1) is 3.29. The van der Waals surface area contributed by atoms with Gasteiger partial charge in [0.25, 0.3) is 0 Å². The minimum atomic E-state index is 0.471. The Labute approximate surface area is 47.0 Å². The molecule has 7 heavy (non-hydrogen) atoms. The van der Waals surface area contributed by atoms with E-state index in [9.17, 15) is 0 Å². The fourth-order valence-electron chi connectivity index (χ4n) is 0.389. The summed E-state index contributed by atoms with van der Waals surface area (Å²) in [5.41, 5.74) is 5.99. The van der Waals surface area contributed by atoms with Crippen molar-refractivity contribution in [3.05, 3.63) is 11.8 Å². The zero-order chi connectivity index (χ0) is 5.28. The van der Waals surface area contributed by atoms with Crippen molar-refractivity contribution in [1.82, 2.24) is 0 Å². The van der Waals surface area contributed by atoms with Gasteiger partial charge < -0.3 is 10.5 Å². The molecule has 0 saturated heterocycles. The molecular weight excluding hydrogens is 110 g/mol. The summed E-state index contributed by atoms with van der Waals surface area (Å²) < 4.78 is 4.78. The molecular formula is C4H5NOS. The molecule has 0 amide bonds. The zero-order valence-corrected chi connectivity index (χ0v) is 4.49. The summed E-state index contributed by atoms with van der Waals surface area (Å²) in [4.78, 5) is 0. The summed E-state index contributed by atoms with van der Waals surface area (Å²) in [6, 6.07) is 0. The Hall–Kier alpha value is -0.570. The van der Waals surface area contributed by atoms with Crippen molar-refractivity contribution in [1.29, 1.82) is 0 Å². The topological polar surface area (TPSA) is 35.2 Å². The zero-order valence-electron chi connectivity index (χ0n) is 3.68. The lowest BCUT2D eigenvalue weighted by molar-refractivity contribution is 0.366. The van der Waals surface area contributed by atoms with Crippen molar-refractivity contribution in [3.63, 3.8) is 0 Å². The highest BCUT2D eigenvalue weighted by atomic mass is 32.1. The number of ether oxygens (including phenoxy) is 1. The largest absolute Gasteiger partial charge is 0.477 e. The Morgan fingerprint density at radius 2 is 2.57 bits per heavy atom. The van der Waals surface area contributed by atoms with Gasteiger partial charge in [0.2, 0.25) is 0 Å². The normalized spacial score (nSPS) is 18.9. The molecule has 38 valence electrons. The molecule has 0 aromatic rings. The van der Waals surface area contributed by atoms with E-state index in [1.54, 1.807) is 6.08 Å². The SMILES string of the molecule is NC1=CC(=S)OC1. The van der Waals surface area contributed by atoms with Crippen molar-refractivity contribution in [2.45, 2.75) is 0 Å². The van der Waals surface area contributed by atoms with E-state index in [1.165, 1.54) is 0 Å². The average Bonchev–Trinajstić information content (AvgIpc) is 1.87. The van der Waals surface area contributed by atoms with Gasteiger partial charge >= 0.3 is 0 Å². The lowest BCUT2D eigenvalue weighted by atomic mass is 10.5. The van der Waals surface area contributed by atoms with Crippen LogP contribution in [0.15, 0.2) is 11.8 Å². The van der Waals surface area contributed by atoms with E-state index in [1.807, 2.05) is 0 Å². The van der Waals surface area contributed by atoms with Crippen LogP contribution in [0.25, 0.3) is 0 Å². The lowest BCUT2D eigenvalue weighted by Gasteiger charge is -1.88. The molecule has 0 radical (unpaired) electrons. The maximum atomic E-state index is 5.27. The van der Waals surface area contributed by atoms with Crippen LogP contribution in [0.1, 0.15) is 0 Å². The molecule has 1 aliphatic heterocycles. The Bertz CT molecular complexity index is 130. The number of thiocarbonyl (C=S) groups is 1. The second kappa shape index (κ2) is 1.50. The van der Waals surface area contributed by atoms with E-state index >= 15 is 0 Å². The van der Waals surface area contributed by atoms with Gasteiger partial charge in [0.15, 0.2) is 5.05 Å². The molecule has 0 unspecified atom stereocenters. The molecule has 0 aromatic carbocycles. The first-order valence-corrected chi connectivity index (χ1v) is 2.32. The summed E-state index contributed by atoms with van der Waals surface area (Å²) in [5.74, 6) is 0. The predicted molar refractivity (Wildman–Crippen MR) is 30.8 cm³/mol.